The van der Waals surface area contributed by atoms with Crippen molar-refractivity contribution in [1.29, 1.82) is 0 Å². The maximum atomic E-state index is 14.1. The fourth-order valence-corrected chi connectivity index (χ4v) is 3.97. The van der Waals surface area contributed by atoms with E-state index in [0.717, 1.165) is 0 Å². The van der Waals surface area contributed by atoms with Crippen molar-refractivity contribution < 1.29 is 47.3 Å². The highest BCUT2D eigenvalue weighted by Gasteiger charge is 2.16. The van der Waals surface area contributed by atoms with Gasteiger partial charge in [0.15, 0.2) is 35.7 Å². The Hall–Kier alpha value is -5.38. The number of halogens is 2. The van der Waals surface area contributed by atoms with E-state index in [2.05, 4.69) is 0 Å². The molecule has 0 bridgehead atoms. The van der Waals surface area contributed by atoms with Crippen LogP contribution in [0.2, 0.25) is 0 Å². The molecule has 0 spiro atoms. The quantitative estimate of drug-likeness (QED) is 0.164. The number of esters is 1. The van der Waals surface area contributed by atoms with E-state index in [9.17, 15) is 28.0 Å². The first-order chi connectivity index (χ1) is 20.6. The molecule has 10 heteroatoms. The molecule has 8 nitrogen and oxygen atoms in total. The van der Waals surface area contributed by atoms with Crippen LogP contribution in [0.5, 0.6) is 11.5 Å². The second-order valence-electron chi connectivity index (χ2n) is 9.14. The van der Waals surface area contributed by atoms with Gasteiger partial charge in [-0.15, -0.1) is 0 Å². The van der Waals surface area contributed by atoms with Crippen LogP contribution < -0.4 is 9.47 Å². The maximum Gasteiger partial charge on any atom is 0.338 e. The van der Waals surface area contributed by atoms with Gasteiger partial charge in [-0.3, -0.25) is 9.59 Å². The Balaban J connectivity index is 0.000000236. The van der Waals surface area contributed by atoms with Crippen molar-refractivity contribution in [3.05, 3.63) is 129 Å². The van der Waals surface area contributed by atoms with Crippen LogP contribution in [0.25, 0.3) is 0 Å². The van der Waals surface area contributed by atoms with E-state index in [1.807, 2.05) is 0 Å². The first-order valence-electron chi connectivity index (χ1n) is 12.8. The average Bonchev–Trinajstić information content (AvgIpc) is 3.01. The second kappa shape index (κ2) is 15.0. The van der Waals surface area contributed by atoms with Crippen molar-refractivity contribution in [2.75, 3.05) is 7.11 Å². The molecule has 0 saturated heterocycles. The lowest BCUT2D eigenvalue weighted by molar-refractivity contribution is 0.0596. The summed E-state index contributed by atoms with van der Waals surface area (Å²) in [6.07, 6.45) is 0.892. The summed E-state index contributed by atoms with van der Waals surface area (Å²) in [6, 6.07) is 19.1. The summed E-state index contributed by atoms with van der Waals surface area (Å²) in [5.74, 6) is -3.12. The summed E-state index contributed by atoms with van der Waals surface area (Å²) < 4.78 is 43.6. The number of ether oxygens (including phenoxy) is 3. The van der Waals surface area contributed by atoms with Crippen LogP contribution in [-0.2, 0) is 18.0 Å². The van der Waals surface area contributed by atoms with Gasteiger partial charge in [-0.2, -0.15) is 0 Å². The van der Waals surface area contributed by atoms with Crippen molar-refractivity contribution in [2.45, 2.75) is 27.1 Å². The summed E-state index contributed by atoms with van der Waals surface area (Å²) in [4.78, 5) is 44.5. The molecule has 222 valence electrons. The molecular weight excluding hydrogens is 562 g/mol. The predicted octanol–water partition coefficient (Wildman–Crippen LogP) is 6.54. The number of hydrogen-bond donors (Lipinski definition) is 1. The molecule has 0 unspecified atom stereocenters. The van der Waals surface area contributed by atoms with Crippen LogP contribution in [0, 0.1) is 25.5 Å². The molecule has 0 saturated carbocycles. The van der Waals surface area contributed by atoms with Crippen molar-refractivity contribution in [3.63, 3.8) is 0 Å². The number of rotatable bonds is 10. The minimum Gasteiger partial charge on any atom is -0.486 e. The van der Waals surface area contributed by atoms with Gasteiger partial charge in [0.2, 0.25) is 0 Å². The minimum absolute atomic E-state index is 0.0104. The molecule has 4 aromatic carbocycles. The Bertz CT molecular complexity index is 1650. The molecule has 0 aliphatic carbocycles. The SMILES string of the molecule is COC(=O)c1ccccc1COc1ccc(C)c(C=O)c1F.Cc1ccc(OCc2ccccc2C(=O)O)c(F)c1C=O. The smallest absolute Gasteiger partial charge is 0.338 e. The fourth-order valence-electron chi connectivity index (χ4n) is 3.97. The predicted molar refractivity (Wildman–Crippen MR) is 153 cm³/mol. The highest BCUT2D eigenvalue weighted by molar-refractivity contribution is 5.91. The van der Waals surface area contributed by atoms with E-state index in [0.29, 0.717) is 40.4 Å². The number of methoxy groups -OCH3 is 1. The lowest BCUT2D eigenvalue weighted by Gasteiger charge is -2.12. The van der Waals surface area contributed by atoms with E-state index >= 15 is 0 Å². The zero-order valence-corrected chi connectivity index (χ0v) is 23.6. The normalized spacial score (nSPS) is 10.2. The van der Waals surface area contributed by atoms with E-state index in [-0.39, 0.29) is 41.4 Å². The number of benzene rings is 4. The topological polar surface area (TPSA) is 116 Å². The molecule has 4 rings (SSSR count). The summed E-state index contributed by atoms with van der Waals surface area (Å²) in [5, 5.41) is 9.06. The van der Waals surface area contributed by atoms with Crippen LogP contribution in [0.4, 0.5) is 8.78 Å². The molecule has 0 atom stereocenters. The molecular formula is C33H28F2O8. The summed E-state index contributed by atoms with van der Waals surface area (Å²) in [7, 11) is 1.29. The Morgan fingerprint density at radius 3 is 1.53 bits per heavy atom. The first-order valence-corrected chi connectivity index (χ1v) is 12.8. The van der Waals surface area contributed by atoms with E-state index in [1.54, 1.807) is 68.4 Å². The van der Waals surface area contributed by atoms with Gasteiger partial charge in [0.25, 0.3) is 0 Å². The number of carboxylic acids is 1. The van der Waals surface area contributed by atoms with Crippen molar-refractivity contribution in [1.82, 2.24) is 0 Å². The molecule has 0 aliphatic rings. The molecule has 0 aromatic heterocycles. The third-order valence-corrected chi connectivity index (χ3v) is 6.40. The van der Waals surface area contributed by atoms with Gasteiger partial charge < -0.3 is 19.3 Å². The Labute approximate surface area is 246 Å². The number of aryl methyl sites for hydroxylation is 2. The second-order valence-corrected chi connectivity index (χ2v) is 9.14. The summed E-state index contributed by atoms with van der Waals surface area (Å²) >= 11 is 0. The van der Waals surface area contributed by atoms with Gasteiger partial charge in [-0.1, -0.05) is 48.5 Å². The summed E-state index contributed by atoms with van der Waals surface area (Å²) in [5.41, 5.74) is 2.42. The van der Waals surface area contributed by atoms with Crippen LogP contribution >= 0.6 is 0 Å². The standard InChI is InChI=1S/C17H15FO4.C16H13FO4/c1-11-7-8-15(16(18)14(11)9-19)22-10-12-5-3-4-6-13(12)17(20)21-2;1-10-6-7-14(15(17)13(10)8-18)21-9-11-4-2-3-5-12(11)16(19)20/h3-9H,10H2,1-2H3;2-8H,9H2,1H3,(H,19,20). The number of carboxylic acid groups (broad SMARTS) is 1. The highest BCUT2D eigenvalue weighted by atomic mass is 19.1. The largest absolute Gasteiger partial charge is 0.486 e. The average molecular weight is 591 g/mol. The molecule has 0 amide bonds. The fraction of sp³-hybridized carbons (Fsp3) is 0.152. The van der Waals surface area contributed by atoms with Gasteiger partial charge in [-0.05, 0) is 49.2 Å². The molecule has 0 radical (unpaired) electrons. The van der Waals surface area contributed by atoms with Crippen LogP contribution in [0.1, 0.15) is 63.7 Å². The van der Waals surface area contributed by atoms with Crippen molar-refractivity contribution in [3.8, 4) is 11.5 Å². The third-order valence-electron chi connectivity index (χ3n) is 6.40. The molecule has 0 fully saturated rings. The van der Waals surface area contributed by atoms with Crippen molar-refractivity contribution >= 4 is 24.5 Å². The zero-order chi connectivity index (χ0) is 31.5. The molecule has 0 heterocycles. The molecule has 4 aromatic rings. The Kier molecular flexibility index (Phi) is 11.2. The minimum atomic E-state index is -1.08. The van der Waals surface area contributed by atoms with Gasteiger partial charge in [-0.25, -0.2) is 18.4 Å². The molecule has 43 heavy (non-hydrogen) atoms. The monoisotopic (exact) mass is 590 g/mol. The number of aldehydes is 2. The van der Waals surface area contributed by atoms with Gasteiger partial charge in [0, 0.05) is 11.1 Å². The number of carbonyl (C=O) groups excluding carboxylic acids is 3. The van der Waals surface area contributed by atoms with E-state index < -0.39 is 23.6 Å². The Morgan fingerprint density at radius 2 is 1.12 bits per heavy atom. The maximum absolute atomic E-state index is 14.1. The number of aromatic carboxylic acids is 1. The van der Waals surface area contributed by atoms with E-state index in [1.165, 1.54) is 25.3 Å². The lowest BCUT2D eigenvalue weighted by Crippen LogP contribution is -2.08. The van der Waals surface area contributed by atoms with Gasteiger partial charge >= 0.3 is 11.9 Å². The third kappa shape index (κ3) is 7.88. The van der Waals surface area contributed by atoms with Crippen molar-refractivity contribution in [2.24, 2.45) is 0 Å². The summed E-state index contributed by atoms with van der Waals surface area (Å²) in [6.45, 7) is 3.16. The van der Waals surface area contributed by atoms with Gasteiger partial charge in [0.1, 0.15) is 13.2 Å². The molecule has 1 N–H and O–H groups in total. The lowest BCUT2D eigenvalue weighted by atomic mass is 10.1. The van der Waals surface area contributed by atoms with Gasteiger partial charge in [0.05, 0.1) is 29.4 Å². The zero-order valence-electron chi connectivity index (χ0n) is 23.6. The molecule has 0 aliphatic heterocycles. The first kappa shape index (κ1) is 32.1. The van der Waals surface area contributed by atoms with Crippen LogP contribution in [0.3, 0.4) is 0 Å². The highest BCUT2D eigenvalue weighted by Crippen LogP contribution is 2.25. The van der Waals surface area contributed by atoms with Crippen LogP contribution in [0.15, 0.2) is 72.8 Å². The number of carbonyl (C=O) groups is 4. The number of hydrogen-bond acceptors (Lipinski definition) is 7. The van der Waals surface area contributed by atoms with Crippen LogP contribution in [-0.4, -0.2) is 36.7 Å². The Morgan fingerprint density at radius 1 is 0.698 bits per heavy atom. The van der Waals surface area contributed by atoms with E-state index in [4.69, 9.17) is 19.3 Å².